The molecule has 4 nitrogen and oxygen atoms in total. The van der Waals surface area contributed by atoms with Crippen LogP contribution in [0.25, 0.3) is 0 Å². The highest BCUT2D eigenvalue weighted by Gasteiger charge is 2.19. The number of nitrogens with one attached hydrogen (secondary N) is 2. The van der Waals surface area contributed by atoms with Crippen LogP contribution in [0.3, 0.4) is 0 Å². The molecule has 5 heteroatoms. The largest absolute Gasteiger partial charge is 0.492 e. The third-order valence-corrected chi connectivity index (χ3v) is 4.57. The summed E-state index contributed by atoms with van der Waals surface area (Å²) < 4.78 is 18.8. The van der Waals surface area contributed by atoms with Crippen molar-refractivity contribution in [3.63, 3.8) is 0 Å². The van der Waals surface area contributed by atoms with Crippen molar-refractivity contribution in [2.45, 2.75) is 19.0 Å². The molecule has 134 valence electrons. The lowest BCUT2D eigenvalue weighted by Gasteiger charge is -2.34. The Morgan fingerprint density at radius 3 is 2.84 bits per heavy atom. The fraction of sp³-hybridized carbons (Fsp3) is 0.400. The molecule has 2 aromatic rings. The third-order valence-electron chi connectivity index (χ3n) is 4.57. The van der Waals surface area contributed by atoms with Crippen LogP contribution in [0.15, 0.2) is 48.5 Å². The Bertz CT molecular complexity index is 665. The monoisotopic (exact) mass is 343 g/mol. The van der Waals surface area contributed by atoms with Crippen molar-refractivity contribution in [3.05, 3.63) is 59.9 Å². The van der Waals surface area contributed by atoms with E-state index in [1.165, 1.54) is 18.7 Å². The van der Waals surface area contributed by atoms with Crippen molar-refractivity contribution in [1.29, 1.82) is 0 Å². The fourth-order valence-corrected chi connectivity index (χ4v) is 3.31. The molecule has 0 saturated carbocycles. The molecule has 25 heavy (non-hydrogen) atoms. The molecule has 1 atom stereocenters. The molecule has 1 aliphatic heterocycles. The molecule has 1 heterocycles. The Labute approximate surface area is 149 Å². The summed E-state index contributed by atoms with van der Waals surface area (Å²) >= 11 is 0. The van der Waals surface area contributed by atoms with Crippen LogP contribution in [0.5, 0.6) is 5.75 Å². The molecular formula is C20H26FN3O. The number of benzene rings is 2. The number of methoxy groups -OCH3 is 1. The van der Waals surface area contributed by atoms with Gasteiger partial charge in [-0.3, -0.25) is 4.90 Å². The zero-order valence-corrected chi connectivity index (χ0v) is 14.7. The van der Waals surface area contributed by atoms with Gasteiger partial charge in [-0.25, -0.2) is 4.39 Å². The number of nitrogens with zero attached hydrogens (tertiary/aromatic N) is 1. The van der Waals surface area contributed by atoms with Crippen molar-refractivity contribution in [1.82, 2.24) is 10.2 Å². The molecule has 1 fully saturated rings. The van der Waals surface area contributed by atoms with Gasteiger partial charge in [0.2, 0.25) is 0 Å². The van der Waals surface area contributed by atoms with E-state index in [9.17, 15) is 4.39 Å². The van der Waals surface area contributed by atoms with Crippen molar-refractivity contribution >= 4 is 5.69 Å². The lowest BCUT2D eigenvalue weighted by atomic mass is 10.1. The molecule has 0 spiro atoms. The lowest BCUT2D eigenvalue weighted by Crippen LogP contribution is -2.50. The predicted octanol–water partition coefficient (Wildman–Crippen LogP) is 3.11. The Balaban J connectivity index is 1.48. The smallest absolute Gasteiger partial charge is 0.177 e. The zero-order chi connectivity index (χ0) is 17.5. The van der Waals surface area contributed by atoms with Gasteiger partial charge in [-0.2, -0.15) is 0 Å². The highest BCUT2D eigenvalue weighted by molar-refractivity contribution is 5.56. The van der Waals surface area contributed by atoms with Gasteiger partial charge >= 0.3 is 0 Å². The molecule has 1 saturated heterocycles. The first-order valence-corrected chi connectivity index (χ1v) is 8.82. The summed E-state index contributed by atoms with van der Waals surface area (Å²) in [6.07, 6.45) is 0.977. The van der Waals surface area contributed by atoms with E-state index in [0.717, 1.165) is 39.1 Å². The van der Waals surface area contributed by atoms with Gasteiger partial charge in [0.15, 0.2) is 11.6 Å². The molecule has 0 unspecified atom stereocenters. The SMILES string of the molecule is COc1c(F)cccc1NCC[C@@H]1CN(Cc2ccccc2)CCN1. The Hall–Kier alpha value is -2.11. The molecule has 2 N–H and O–H groups in total. The summed E-state index contributed by atoms with van der Waals surface area (Å²) in [5.74, 6) is -0.0536. The number of anilines is 1. The fourth-order valence-electron chi connectivity index (χ4n) is 3.31. The minimum absolute atomic E-state index is 0.282. The summed E-state index contributed by atoms with van der Waals surface area (Å²) in [4.78, 5) is 2.49. The van der Waals surface area contributed by atoms with E-state index in [1.54, 1.807) is 6.07 Å². The standard InChI is InChI=1S/C20H26FN3O/c1-25-20-18(21)8-5-9-19(20)23-11-10-17-15-24(13-12-22-17)14-16-6-3-2-4-7-16/h2-9,17,22-23H,10-15H2,1H3/t17-/m1/s1. The normalized spacial score (nSPS) is 18.1. The van der Waals surface area contributed by atoms with Crippen LogP contribution in [0.1, 0.15) is 12.0 Å². The van der Waals surface area contributed by atoms with Crippen LogP contribution in [0.4, 0.5) is 10.1 Å². The lowest BCUT2D eigenvalue weighted by molar-refractivity contribution is 0.189. The number of halogens is 1. The van der Waals surface area contributed by atoms with Gasteiger partial charge in [0.05, 0.1) is 12.8 Å². The van der Waals surface area contributed by atoms with Gasteiger partial charge in [0, 0.05) is 38.8 Å². The summed E-state index contributed by atoms with van der Waals surface area (Å²) in [5, 5.41) is 6.87. The Kier molecular flexibility index (Phi) is 6.25. The molecule has 0 aromatic heterocycles. The summed E-state index contributed by atoms with van der Waals surface area (Å²) in [6.45, 7) is 4.86. The van der Waals surface area contributed by atoms with Crippen LogP contribution >= 0.6 is 0 Å². The van der Waals surface area contributed by atoms with Crippen LogP contribution < -0.4 is 15.4 Å². The van der Waals surface area contributed by atoms with Crippen molar-refractivity contribution in [2.24, 2.45) is 0 Å². The van der Waals surface area contributed by atoms with E-state index in [1.807, 2.05) is 6.07 Å². The first kappa shape index (κ1) is 17.7. The second-order valence-corrected chi connectivity index (χ2v) is 6.41. The van der Waals surface area contributed by atoms with Crippen LogP contribution in [0.2, 0.25) is 0 Å². The highest BCUT2D eigenvalue weighted by Crippen LogP contribution is 2.27. The Morgan fingerprint density at radius 2 is 2.04 bits per heavy atom. The molecule has 0 aliphatic carbocycles. The maximum absolute atomic E-state index is 13.7. The van der Waals surface area contributed by atoms with E-state index in [-0.39, 0.29) is 11.6 Å². The molecular weight excluding hydrogens is 317 g/mol. The maximum atomic E-state index is 13.7. The molecule has 2 aromatic carbocycles. The van der Waals surface area contributed by atoms with E-state index in [4.69, 9.17) is 4.74 Å². The average molecular weight is 343 g/mol. The van der Waals surface area contributed by atoms with E-state index in [0.29, 0.717) is 11.7 Å². The van der Waals surface area contributed by atoms with Gasteiger partial charge in [0.1, 0.15) is 0 Å². The quantitative estimate of drug-likeness (QED) is 0.810. The number of rotatable bonds is 7. The van der Waals surface area contributed by atoms with Gasteiger partial charge in [0.25, 0.3) is 0 Å². The first-order valence-electron chi connectivity index (χ1n) is 8.82. The number of para-hydroxylation sites is 1. The van der Waals surface area contributed by atoms with Gasteiger partial charge in [-0.1, -0.05) is 36.4 Å². The van der Waals surface area contributed by atoms with Crippen molar-refractivity contribution < 1.29 is 9.13 Å². The minimum atomic E-state index is -0.336. The van der Waals surface area contributed by atoms with Crippen molar-refractivity contribution in [3.8, 4) is 5.75 Å². The van der Waals surface area contributed by atoms with Gasteiger partial charge in [-0.15, -0.1) is 0 Å². The maximum Gasteiger partial charge on any atom is 0.177 e. The molecule has 0 amide bonds. The minimum Gasteiger partial charge on any atom is -0.492 e. The number of hydrogen-bond donors (Lipinski definition) is 2. The Morgan fingerprint density at radius 1 is 1.20 bits per heavy atom. The van der Waals surface area contributed by atoms with Gasteiger partial charge < -0.3 is 15.4 Å². The third kappa shape index (κ3) is 4.94. The van der Waals surface area contributed by atoms with Crippen LogP contribution in [-0.2, 0) is 6.54 Å². The van der Waals surface area contributed by atoms with Crippen LogP contribution in [0, 0.1) is 5.82 Å². The molecule has 1 aliphatic rings. The van der Waals surface area contributed by atoms with E-state index >= 15 is 0 Å². The summed E-state index contributed by atoms with van der Waals surface area (Å²) in [5.41, 5.74) is 2.06. The number of ether oxygens (including phenoxy) is 1. The van der Waals surface area contributed by atoms with Crippen molar-refractivity contribution in [2.75, 3.05) is 38.6 Å². The second kappa shape index (κ2) is 8.83. The predicted molar refractivity (Wildman–Crippen MR) is 99.6 cm³/mol. The summed E-state index contributed by atoms with van der Waals surface area (Å²) in [6, 6.07) is 16.0. The van der Waals surface area contributed by atoms with Gasteiger partial charge in [-0.05, 0) is 24.1 Å². The van der Waals surface area contributed by atoms with E-state index < -0.39 is 0 Å². The molecule has 0 bridgehead atoms. The average Bonchev–Trinajstić information content (AvgIpc) is 2.63. The van der Waals surface area contributed by atoms with E-state index in [2.05, 4.69) is 45.9 Å². The number of hydrogen-bond acceptors (Lipinski definition) is 4. The second-order valence-electron chi connectivity index (χ2n) is 6.41. The van der Waals surface area contributed by atoms with Crippen LogP contribution in [-0.4, -0.2) is 44.2 Å². The first-order chi connectivity index (χ1) is 12.3. The highest BCUT2D eigenvalue weighted by atomic mass is 19.1. The summed E-state index contributed by atoms with van der Waals surface area (Å²) in [7, 11) is 1.49. The molecule has 3 rings (SSSR count). The topological polar surface area (TPSA) is 36.5 Å². The number of piperazine rings is 1. The molecule has 0 radical (unpaired) electrons. The zero-order valence-electron chi connectivity index (χ0n) is 14.7.